The molecule has 0 unspecified atom stereocenters. The minimum absolute atomic E-state index is 0.614. The molecule has 22 heavy (non-hydrogen) atoms. The molecule has 1 aliphatic carbocycles. The van der Waals surface area contributed by atoms with Crippen molar-refractivity contribution < 1.29 is 31.5 Å². The summed E-state index contributed by atoms with van der Waals surface area (Å²) in [5, 5.41) is 8.82. The zero-order chi connectivity index (χ0) is 16.8. The summed E-state index contributed by atoms with van der Waals surface area (Å²) in [6.45, 7) is 2.16. The molecule has 1 aromatic rings. The van der Waals surface area contributed by atoms with E-state index in [-0.39, 0.29) is 0 Å². The summed E-state index contributed by atoms with van der Waals surface area (Å²) in [4.78, 5) is 11.7. The Morgan fingerprint density at radius 3 is 1.95 bits per heavy atom. The monoisotopic (exact) mass is 319 g/mol. The Hall–Kier alpha value is -2.17. The number of nitriles is 1. The maximum absolute atomic E-state index is 13.4. The van der Waals surface area contributed by atoms with E-state index in [1.165, 1.54) is 0 Å². The predicted molar refractivity (Wildman–Crippen MR) is 62.4 cm³/mol. The number of hydrogen-bond acceptors (Lipinski definition) is 3. The van der Waals surface area contributed by atoms with Crippen LogP contribution in [0.15, 0.2) is 0 Å². The average molecular weight is 319 g/mol. The van der Waals surface area contributed by atoms with Gasteiger partial charge in [0.05, 0.1) is 23.5 Å². The highest BCUT2D eigenvalue weighted by Gasteiger charge is 2.63. The summed E-state index contributed by atoms with van der Waals surface area (Å²) in [7, 11) is 0. The molecule has 0 N–H and O–H groups in total. The van der Waals surface area contributed by atoms with Gasteiger partial charge in [-0.1, -0.05) is 13.8 Å². The first kappa shape index (κ1) is 16.2. The van der Waals surface area contributed by atoms with Gasteiger partial charge < -0.3 is 4.74 Å². The van der Waals surface area contributed by atoms with Crippen LogP contribution in [-0.4, -0.2) is 5.97 Å². The third kappa shape index (κ3) is 2.30. The fourth-order valence-electron chi connectivity index (χ4n) is 2.33. The first-order valence-electron chi connectivity index (χ1n) is 6.21. The molecular formula is C14H10F5NO2. The molecular weight excluding hydrogens is 309 g/mol. The van der Waals surface area contributed by atoms with Crippen molar-refractivity contribution in [3.63, 3.8) is 0 Å². The summed E-state index contributed by atoms with van der Waals surface area (Å²) < 4.78 is 70.3. The zero-order valence-electron chi connectivity index (χ0n) is 11.5. The minimum Gasteiger partial charge on any atom is -0.460 e. The molecule has 0 saturated heterocycles. The van der Waals surface area contributed by atoms with Gasteiger partial charge in [-0.2, -0.15) is 5.26 Å². The summed E-state index contributed by atoms with van der Waals surface area (Å²) in [6, 6.07) is 1.89. The molecule has 0 bridgehead atoms. The molecule has 2 atom stereocenters. The molecule has 0 radical (unpaired) electrons. The van der Waals surface area contributed by atoms with Gasteiger partial charge in [0.2, 0.25) is 5.82 Å². The fraction of sp³-hybridized carbons (Fsp3) is 0.429. The van der Waals surface area contributed by atoms with Crippen LogP contribution < -0.4 is 0 Å². The van der Waals surface area contributed by atoms with Gasteiger partial charge in [-0.25, -0.2) is 22.0 Å². The molecule has 118 valence electrons. The summed E-state index contributed by atoms with van der Waals surface area (Å²) >= 11 is 0. The van der Waals surface area contributed by atoms with Gasteiger partial charge in [-0.05, 0) is 5.41 Å². The Morgan fingerprint density at radius 1 is 1.09 bits per heavy atom. The molecule has 2 rings (SSSR count). The number of ether oxygens (including phenoxy) is 1. The van der Waals surface area contributed by atoms with Crippen molar-refractivity contribution in [2.45, 2.75) is 20.5 Å². The van der Waals surface area contributed by atoms with Crippen LogP contribution in [0.1, 0.15) is 19.4 Å². The SMILES string of the molecule is CC1(C)[C@H](C(=O)OCc2c(F)c(F)c(F)c(F)c2F)[C@@H]1C#N. The lowest BCUT2D eigenvalue weighted by Gasteiger charge is -2.09. The molecule has 1 aromatic carbocycles. The molecule has 0 amide bonds. The van der Waals surface area contributed by atoms with Crippen molar-refractivity contribution in [1.82, 2.24) is 0 Å². The number of benzene rings is 1. The second-order valence-electron chi connectivity index (χ2n) is 5.56. The first-order valence-corrected chi connectivity index (χ1v) is 6.21. The van der Waals surface area contributed by atoms with Gasteiger partial charge in [0.1, 0.15) is 6.61 Å². The van der Waals surface area contributed by atoms with E-state index < -0.39 is 64.5 Å². The molecule has 1 fully saturated rings. The second kappa shape index (κ2) is 5.23. The van der Waals surface area contributed by atoms with Crippen LogP contribution in [-0.2, 0) is 16.1 Å². The third-order valence-corrected chi connectivity index (χ3v) is 3.88. The van der Waals surface area contributed by atoms with Crippen molar-refractivity contribution in [2.75, 3.05) is 0 Å². The molecule has 1 saturated carbocycles. The Bertz CT molecular complexity index is 666. The Kier molecular flexibility index (Phi) is 3.85. The number of esters is 1. The Balaban J connectivity index is 2.17. The van der Waals surface area contributed by atoms with E-state index in [1.807, 2.05) is 6.07 Å². The number of hydrogen-bond donors (Lipinski definition) is 0. The molecule has 1 aliphatic rings. The number of nitrogens with zero attached hydrogens (tertiary/aromatic N) is 1. The fourth-order valence-corrected chi connectivity index (χ4v) is 2.33. The maximum atomic E-state index is 13.4. The van der Waals surface area contributed by atoms with E-state index in [0.29, 0.717) is 0 Å². The molecule has 0 heterocycles. The summed E-state index contributed by atoms with van der Waals surface area (Å²) in [6.07, 6.45) is 0. The maximum Gasteiger partial charge on any atom is 0.311 e. The van der Waals surface area contributed by atoms with Crippen molar-refractivity contribution in [3.05, 3.63) is 34.6 Å². The number of carbonyl (C=O) groups excluding carboxylic acids is 1. The van der Waals surface area contributed by atoms with Gasteiger partial charge in [-0.3, -0.25) is 4.79 Å². The highest BCUT2D eigenvalue weighted by atomic mass is 19.2. The van der Waals surface area contributed by atoms with Crippen LogP contribution in [0.25, 0.3) is 0 Å². The highest BCUT2D eigenvalue weighted by molar-refractivity contribution is 5.78. The van der Waals surface area contributed by atoms with Gasteiger partial charge in [0, 0.05) is 0 Å². The van der Waals surface area contributed by atoms with E-state index in [0.717, 1.165) is 0 Å². The van der Waals surface area contributed by atoms with Crippen LogP contribution in [0.4, 0.5) is 22.0 Å². The number of carbonyl (C=O) groups is 1. The van der Waals surface area contributed by atoms with Crippen molar-refractivity contribution in [3.8, 4) is 6.07 Å². The topological polar surface area (TPSA) is 50.1 Å². The normalized spacial score (nSPS) is 22.1. The molecule has 0 aromatic heterocycles. The van der Waals surface area contributed by atoms with E-state index >= 15 is 0 Å². The second-order valence-corrected chi connectivity index (χ2v) is 5.56. The van der Waals surface area contributed by atoms with Crippen molar-refractivity contribution >= 4 is 5.97 Å². The lowest BCUT2D eigenvalue weighted by Crippen LogP contribution is -2.14. The van der Waals surface area contributed by atoms with Crippen LogP contribution in [0.2, 0.25) is 0 Å². The van der Waals surface area contributed by atoms with Gasteiger partial charge in [0.25, 0.3) is 0 Å². The lowest BCUT2D eigenvalue weighted by atomic mass is 10.1. The minimum atomic E-state index is -2.28. The van der Waals surface area contributed by atoms with Crippen LogP contribution in [0.3, 0.4) is 0 Å². The van der Waals surface area contributed by atoms with Gasteiger partial charge in [-0.15, -0.1) is 0 Å². The lowest BCUT2D eigenvalue weighted by molar-refractivity contribution is -0.147. The largest absolute Gasteiger partial charge is 0.460 e. The summed E-state index contributed by atoms with van der Waals surface area (Å²) in [5.41, 5.74) is -1.88. The van der Waals surface area contributed by atoms with Gasteiger partial charge in [0.15, 0.2) is 23.3 Å². The number of halogens is 5. The first-order chi connectivity index (χ1) is 10.1. The quantitative estimate of drug-likeness (QED) is 0.372. The van der Waals surface area contributed by atoms with Crippen molar-refractivity contribution in [2.24, 2.45) is 17.3 Å². The standard InChI is InChI=1S/C14H10F5NO2/c1-14(2)6(3-20)7(14)13(21)22-4-5-8(15)10(17)12(19)11(18)9(5)16/h6-7H,4H2,1-2H3/t6-,7-/m0/s1. The van der Waals surface area contributed by atoms with Crippen LogP contribution in [0, 0.1) is 57.7 Å². The van der Waals surface area contributed by atoms with Gasteiger partial charge >= 0.3 is 5.97 Å². The molecule has 3 nitrogen and oxygen atoms in total. The zero-order valence-corrected chi connectivity index (χ0v) is 11.5. The molecule has 0 spiro atoms. The highest BCUT2D eigenvalue weighted by Crippen LogP contribution is 2.58. The van der Waals surface area contributed by atoms with Crippen LogP contribution >= 0.6 is 0 Å². The van der Waals surface area contributed by atoms with Crippen LogP contribution in [0.5, 0.6) is 0 Å². The Morgan fingerprint density at radius 2 is 1.55 bits per heavy atom. The van der Waals surface area contributed by atoms with E-state index in [9.17, 15) is 26.7 Å². The van der Waals surface area contributed by atoms with E-state index in [1.54, 1.807) is 13.8 Å². The van der Waals surface area contributed by atoms with E-state index in [2.05, 4.69) is 4.74 Å². The van der Waals surface area contributed by atoms with Crippen molar-refractivity contribution in [1.29, 1.82) is 5.26 Å². The predicted octanol–water partition coefficient (Wildman–Crippen LogP) is 3.22. The molecule has 0 aliphatic heterocycles. The van der Waals surface area contributed by atoms with E-state index in [4.69, 9.17) is 5.26 Å². The number of rotatable bonds is 3. The molecule has 8 heteroatoms. The summed E-state index contributed by atoms with van der Waals surface area (Å²) in [5.74, 6) is -12.9. The average Bonchev–Trinajstić information content (AvgIpc) is 3.04. The smallest absolute Gasteiger partial charge is 0.311 e. The third-order valence-electron chi connectivity index (χ3n) is 3.88. The Labute approximate surface area is 122 Å².